The molecule has 0 bridgehead atoms. The maximum atomic E-state index is 5.20. The number of nitrogens with zero attached hydrogens (tertiary/aromatic N) is 5. The largest absolute Gasteiger partial charge is 0.310 e. The van der Waals surface area contributed by atoms with Gasteiger partial charge in [0.2, 0.25) is 5.95 Å². The zero-order valence-corrected chi connectivity index (χ0v) is 32.2. The van der Waals surface area contributed by atoms with Crippen LogP contribution in [0.4, 0.5) is 0 Å². The summed E-state index contributed by atoms with van der Waals surface area (Å²) in [6, 6.07) is 59.4. The Morgan fingerprint density at radius 2 is 1.12 bits per heavy atom. The van der Waals surface area contributed by atoms with E-state index in [9.17, 15) is 0 Å². The number of para-hydroxylation sites is 2. The molecule has 5 heteroatoms. The highest BCUT2D eigenvalue weighted by Crippen LogP contribution is 2.41. The van der Waals surface area contributed by atoms with Gasteiger partial charge in [-0.1, -0.05) is 164 Å². The lowest BCUT2D eigenvalue weighted by molar-refractivity contribution is 0.953. The molecule has 0 amide bonds. The first kappa shape index (κ1) is 34.4. The fourth-order valence-corrected chi connectivity index (χ4v) is 8.64. The van der Waals surface area contributed by atoms with E-state index >= 15 is 0 Å². The first-order valence-corrected chi connectivity index (χ1v) is 20.0. The summed E-state index contributed by atoms with van der Waals surface area (Å²) < 4.78 is 4.60. The number of fused-ring (bicyclic) bond motifs is 8. The summed E-state index contributed by atoms with van der Waals surface area (Å²) in [4.78, 5) is 15.4. The molecule has 1 aliphatic carbocycles. The van der Waals surface area contributed by atoms with Gasteiger partial charge in [0.1, 0.15) is 0 Å². The summed E-state index contributed by atoms with van der Waals surface area (Å²) >= 11 is 0. The topological polar surface area (TPSA) is 48.5 Å². The van der Waals surface area contributed by atoms with Crippen LogP contribution in [0.3, 0.4) is 0 Å². The molecule has 0 fully saturated rings. The van der Waals surface area contributed by atoms with Crippen molar-refractivity contribution in [2.24, 2.45) is 0 Å². The number of aromatic nitrogens is 5. The molecular weight excluding hydrogens is 719 g/mol. The number of benzene rings is 7. The second kappa shape index (κ2) is 14.2. The number of rotatable bonds is 5. The third-order valence-electron chi connectivity index (χ3n) is 11.4. The van der Waals surface area contributed by atoms with Crippen molar-refractivity contribution in [1.29, 1.82) is 0 Å². The summed E-state index contributed by atoms with van der Waals surface area (Å²) in [6.45, 7) is 4.67. The fraction of sp³-hybridized carbons (Fsp3) is 0.0185. The van der Waals surface area contributed by atoms with Crippen molar-refractivity contribution in [3.63, 3.8) is 0 Å². The molecule has 0 unspecified atom stereocenters. The molecule has 3 aromatic heterocycles. The minimum absolute atomic E-state index is 0.565. The van der Waals surface area contributed by atoms with Crippen LogP contribution in [0.15, 0.2) is 206 Å². The smallest absolute Gasteiger partial charge is 0.238 e. The maximum absolute atomic E-state index is 5.20. The molecule has 0 aliphatic heterocycles. The minimum Gasteiger partial charge on any atom is -0.310 e. The van der Waals surface area contributed by atoms with Gasteiger partial charge in [0.25, 0.3) is 0 Å². The van der Waals surface area contributed by atoms with Crippen LogP contribution in [0.25, 0.3) is 89.5 Å². The van der Waals surface area contributed by atoms with Crippen LogP contribution in [0, 0.1) is 0 Å². The summed E-state index contributed by atoms with van der Waals surface area (Å²) in [7, 11) is 0. The van der Waals surface area contributed by atoms with Crippen molar-refractivity contribution in [2.75, 3.05) is 0 Å². The van der Waals surface area contributed by atoms with Crippen LogP contribution in [0.1, 0.15) is 16.8 Å². The molecule has 0 saturated heterocycles. The maximum Gasteiger partial charge on any atom is 0.238 e. The Kier molecular flexibility index (Phi) is 8.30. The SMILES string of the molecule is C=C1/C=C\C=C/Cc2c(n(-c3ccccc3)c3ccccc23)/C=C\1c1ccc2c(c1)c1c3ccccc3ccc1n2-c1nc(-c2ccccc2)nc(-c2ccccc2)n1. The monoisotopic (exact) mass is 755 g/mol. The van der Waals surface area contributed by atoms with Gasteiger partial charge in [0.15, 0.2) is 11.6 Å². The lowest BCUT2D eigenvalue weighted by atomic mass is 9.93. The van der Waals surface area contributed by atoms with Crippen molar-refractivity contribution in [1.82, 2.24) is 24.1 Å². The second-order valence-electron chi connectivity index (χ2n) is 14.9. The highest BCUT2D eigenvalue weighted by molar-refractivity contribution is 6.22. The molecule has 5 nitrogen and oxygen atoms in total. The average Bonchev–Trinajstić information content (AvgIpc) is 3.80. The molecule has 1 aliphatic rings. The Balaban J connectivity index is 1.20. The molecule has 0 spiro atoms. The zero-order valence-electron chi connectivity index (χ0n) is 32.2. The second-order valence-corrected chi connectivity index (χ2v) is 14.9. The highest BCUT2D eigenvalue weighted by atomic mass is 15.2. The van der Waals surface area contributed by atoms with E-state index < -0.39 is 0 Å². The number of hydrogen-bond acceptors (Lipinski definition) is 3. The van der Waals surface area contributed by atoms with Gasteiger partial charge in [-0.25, -0.2) is 4.98 Å². The van der Waals surface area contributed by atoms with Gasteiger partial charge in [-0.3, -0.25) is 4.57 Å². The molecule has 0 N–H and O–H groups in total. The Morgan fingerprint density at radius 3 is 1.86 bits per heavy atom. The van der Waals surface area contributed by atoms with Gasteiger partial charge >= 0.3 is 0 Å². The third-order valence-corrected chi connectivity index (χ3v) is 11.4. The molecule has 0 atom stereocenters. The molecule has 0 saturated carbocycles. The van der Waals surface area contributed by atoms with Gasteiger partial charge in [0.05, 0.1) is 22.2 Å². The zero-order chi connectivity index (χ0) is 39.3. The summed E-state index contributed by atoms with van der Waals surface area (Å²) in [5, 5.41) is 5.84. The number of allylic oxidation sites excluding steroid dienone is 6. The number of hydrogen-bond donors (Lipinski definition) is 0. The molecule has 3 heterocycles. The van der Waals surface area contributed by atoms with Gasteiger partial charge in [-0.05, 0) is 81.9 Å². The molecule has 7 aromatic carbocycles. The van der Waals surface area contributed by atoms with Gasteiger partial charge in [0, 0.05) is 33.0 Å². The predicted molar refractivity (Wildman–Crippen MR) is 245 cm³/mol. The molecule has 11 rings (SSSR count). The Bertz CT molecular complexity index is 3290. The molecule has 10 aromatic rings. The van der Waals surface area contributed by atoms with E-state index in [4.69, 9.17) is 15.0 Å². The summed E-state index contributed by atoms with van der Waals surface area (Å²) in [6.07, 6.45) is 11.7. The van der Waals surface area contributed by atoms with Gasteiger partial charge in [-0.2, -0.15) is 9.97 Å². The standard InChI is InChI=1S/C54H37N5/c1-36-18-6-2-13-27-44-43-28-16-17-29-47(43)58(41-24-11-5-12-25-41)50(44)35-45(36)40-31-32-48-46(34-40)51-42-26-15-14-19-37(42)30-33-49(51)59(48)54-56-52(38-20-7-3-8-21-38)55-53(57-54)39-22-9-4-10-23-39/h2-26,28-35H,1,27H2/b13-2-,18-6-,45-35+. The van der Waals surface area contributed by atoms with Crippen LogP contribution in [0.2, 0.25) is 0 Å². The quantitative estimate of drug-likeness (QED) is 0.176. The summed E-state index contributed by atoms with van der Waals surface area (Å²) in [5.74, 6) is 1.81. The van der Waals surface area contributed by atoms with E-state index in [-0.39, 0.29) is 0 Å². The van der Waals surface area contributed by atoms with E-state index in [0.29, 0.717) is 17.6 Å². The Hall–Kier alpha value is -7.89. The molecular formula is C54H37N5. The molecule has 0 radical (unpaired) electrons. The van der Waals surface area contributed by atoms with E-state index in [0.717, 1.165) is 67.4 Å². The lowest BCUT2D eigenvalue weighted by Gasteiger charge is -2.14. The predicted octanol–water partition coefficient (Wildman–Crippen LogP) is 13.2. The van der Waals surface area contributed by atoms with E-state index in [1.807, 2.05) is 60.7 Å². The van der Waals surface area contributed by atoms with E-state index in [1.54, 1.807) is 0 Å². The highest BCUT2D eigenvalue weighted by Gasteiger charge is 2.22. The minimum atomic E-state index is 0.565. The van der Waals surface area contributed by atoms with Crippen LogP contribution >= 0.6 is 0 Å². The van der Waals surface area contributed by atoms with E-state index in [2.05, 4.69) is 155 Å². The first-order chi connectivity index (χ1) is 29.2. The molecule has 59 heavy (non-hydrogen) atoms. The third kappa shape index (κ3) is 5.91. The van der Waals surface area contributed by atoms with Crippen LogP contribution in [0.5, 0.6) is 0 Å². The van der Waals surface area contributed by atoms with Crippen LogP contribution < -0.4 is 0 Å². The van der Waals surface area contributed by atoms with Crippen molar-refractivity contribution < 1.29 is 0 Å². The Labute approximate surface area is 341 Å². The first-order valence-electron chi connectivity index (χ1n) is 20.0. The van der Waals surface area contributed by atoms with Gasteiger partial charge in [-0.15, -0.1) is 0 Å². The average molecular weight is 756 g/mol. The van der Waals surface area contributed by atoms with Crippen LogP contribution in [-0.2, 0) is 6.42 Å². The summed E-state index contributed by atoms with van der Waals surface area (Å²) in [5.41, 5.74) is 11.7. The van der Waals surface area contributed by atoms with Crippen molar-refractivity contribution in [2.45, 2.75) is 6.42 Å². The fourth-order valence-electron chi connectivity index (χ4n) is 8.64. The van der Waals surface area contributed by atoms with Gasteiger partial charge < -0.3 is 4.57 Å². The lowest BCUT2D eigenvalue weighted by Crippen LogP contribution is -2.06. The van der Waals surface area contributed by atoms with Crippen molar-refractivity contribution >= 4 is 55.1 Å². The normalized spacial score (nSPS) is 15.0. The van der Waals surface area contributed by atoms with E-state index in [1.165, 1.54) is 27.2 Å². The van der Waals surface area contributed by atoms with Crippen LogP contribution in [-0.4, -0.2) is 24.1 Å². The van der Waals surface area contributed by atoms with Crippen molar-refractivity contribution in [3.8, 4) is 34.4 Å². The Morgan fingerprint density at radius 1 is 0.492 bits per heavy atom. The molecule has 278 valence electrons. The van der Waals surface area contributed by atoms with Crippen molar-refractivity contribution in [3.05, 3.63) is 223 Å².